The van der Waals surface area contributed by atoms with Crippen LogP contribution in [-0.4, -0.2) is 56.7 Å². The molecule has 3 aliphatic heterocycles. The standard InChI is InChI=1S/C18H15N.C18H15OP.C18H15P.C18H12.C13H10.C10H8.C6H3N7.C6H6.C3H3N3/c1-4-10-16(11-5-1)19(17-12-6-2-7-13-17)18-14-8-3-9-15-18;19-20(16-10-4-1-5-11-16,17-12-6-2-7-13-17)18-14-8-3-9-15-18;1-4-10-16(11-5-1)19(17-12-6-2-7-13-17)18-14-8-3-9-15-18;1-2-8-14-13(7-1)15-9-3-4-11-17(15)18-12-6-5-10-16(14)18;1-4-10-6-2-8-12-9-3-7-11(5-1)13(10)12;1-2-6-10-8-4-3-7-9(10)5-1;1-7-4-9-2-11-6-12-3-10-5(8-1)13(4)6;1-2-4-6-5-3-1;1-4-2-6-3-5-1/h1-15H;1-15H;1-15H;1-12H;1-8H,9H2;1-8H;1-3H;1-6H;1-3H. The fourth-order valence-corrected chi connectivity index (χ4v) is 19.5. The first-order chi connectivity index (χ1) is 61.5. The summed E-state index contributed by atoms with van der Waals surface area (Å²) in [6.45, 7) is 0. The van der Waals surface area contributed by atoms with Crippen molar-refractivity contribution in [1.82, 2.24) is 19.9 Å². The Morgan fingerprint density at radius 1 is 0.266 bits per heavy atom. The molecule has 0 atom stereocenters. The normalized spacial score (nSPS) is 11.9. The number of benzene rings is 18. The number of guanidine groups is 3. The molecule has 0 saturated heterocycles. The Morgan fingerprint density at radius 3 is 0.831 bits per heavy atom. The van der Waals surface area contributed by atoms with E-state index in [0.29, 0.717) is 17.9 Å². The molecule has 0 unspecified atom stereocenters. The van der Waals surface area contributed by atoms with E-state index in [2.05, 4.69) is 383 Å². The predicted molar refractivity (Wildman–Crippen MR) is 528 cm³/mol. The van der Waals surface area contributed by atoms with E-state index in [1.54, 1.807) is 4.90 Å². The Kier molecular flexibility index (Phi) is 29.5. The molecule has 19 aromatic rings. The van der Waals surface area contributed by atoms with Gasteiger partial charge in [0.25, 0.3) is 0 Å². The van der Waals surface area contributed by atoms with Crippen molar-refractivity contribution in [3.05, 3.63) is 503 Å². The number of nitrogens with zero attached hydrogens (tertiary/aromatic N) is 11. The molecule has 0 bridgehead atoms. The Bertz CT molecular complexity index is 6000. The van der Waals surface area contributed by atoms with Gasteiger partial charge in [0, 0.05) is 33.0 Å². The van der Waals surface area contributed by atoms with E-state index in [4.69, 9.17) is 0 Å². The number of rotatable bonds is 9. The smallest absolute Gasteiger partial charge is 0.242 e. The van der Waals surface area contributed by atoms with E-state index in [1.807, 2.05) is 146 Å². The Morgan fingerprint density at radius 2 is 0.524 bits per heavy atom. The van der Waals surface area contributed by atoms with Gasteiger partial charge in [-0.1, -0.05) is 443 Å². The lowest BCUT2D eigenvalue weighted by atomic mass is 9.93. The van der Waals surface area contributed by atoms with Gasteiger partial charge in [-0.25, -0.2) is 49.8 Å². The van der Waals surface area contributed by atoms with Crippen molar-refractivity contribution < 1.29 is 4.57 Å². The highest BCUT2D eigenvalue weighted by Gasteiger charge is 2.30. The van der Waals surface area contributed by atoms with E-state index >= 15 is 0 Å². The second-order valence-corrected chi connectivity index (χ2v) is 33.0. The van der Waals surface area contributed by atoms with Crippen LogP contribution in [0.4, 0.5) is 17.1 Å². The number of allylic oxidation sites excluding steroid dienone is 1. The van der Waals surface area contributed by atoms with Crippen LogP contribution in [-0.2, 0) is 11.0 Å². The van der Waals surface area contributed by atoms with Crippen molar-refractivity contribution in [2.75, 3.05) is 4.90 Å². The molecule has 0 radical (unpaired) electrons. The quantitative estimate of drug-likeness (QED) is 0.104. The minimum absolute atomic E-state index is 0.446. The minimum Gasteiger partial charge on any atom is -0.311 e. The second kappa shape index (κ2) is 43.8. The van der Waals surface area contributed by atoms with E-state index in [1.165, 1.54) is 136 Å². The summed E-state index contributed by atoms with van der Waals surface area (Å²) in [6.07, 6.45) is 14.1. The topological polar surface area (TPSA) is 136 Å². The van der Waals surface area contributed by atoms with Crippen molar-refractivity contribution in [1.29, 1.82) is 0 Å². The van der Waals surface area contributed by atoms with Crippen LogP contribution in [0.15, 0.2) is 522 Å². The first-order valence-corrected chi connectivity index (χ1v) is 43.8. The number of hydrogen-bond donors (Lipinski definition) is 0. The second-order valence-electron chi connectivity index (χ2n) is 28.1. The number of hydrogen-bond acceptors (Lipinski definition) is 12. The molecule has 0 spiro atoms. The zero-order valence-electron chi connectivity index (χ0n) is 68.0. The largest absolute Gasteiger partial charge is 0.311 e. The molecule has 598 valence electrons. The molecule has 12 nitrogen and oxygen atoms in total. The van der Waals surface area contributed by atoms with Gasteiger partial charge in [0.05, 0.1) is 0 Å². The van der Waals surface area contributed by atoms with Gasteiger partial charge in [-0.15, -0.1) is 0 Å². The molecule has 14 heteroatoms. The lowest BCUT2D eigenvalue weighted by molar-refractivity contribution is 0.592. The summed E-state index contributed by atoms with van der Waals surface area (Å²) < 4.78 is 13.8. The zero-order valence-corrected chi connectivity index (χ0v) is 69.8. The zero-order chi connectivity index (χ0) is 84.3. The first kappa shape index (κ1) is 83.4. The van der Waals surface area contributed by atoms with Crippen LogP contribution in [0.3, 0.4) is 0 Å². The van der Waals surface area contributed by atoms with Crippen molar-refractivity contribution in [3.63, 3.8) is 0 Å². The maximum absolute atomic E-state index is 13.8. The van der Waals surface area contributed by atoms with Crippen LogP contribution in [0.25, 0.3) is 59.9 Å². The summed E-state index contributed by atoms with van der Waals surface area (Å²) in [5.74, 6) is 1.49. The molecule has 18 aromatic carbocycles. The minimum atomic E-state index is -2.78. The molecule has 0 N–H and O–H groups in total. The van der Waals surface area contributed by atoms with E-state index in [0.717, 1.165) is 22.3 Å². The van der Waals surface area contributed by atoms with Gasteiger partial charge >= 0.3 is 0 Å². The van der Waals surface area contributed by atoms with Crippen LogP contribution in [0, 0.1) is 0 Å². The fraction of sp³-hybridized carbons (Fsp3) is 0.00909. The van der Waals surface area contributed by atoms with Crippen molar-refractivity contribution in [2.24, 2.45) is 30.0 Å². The summed E-state index contributed by atoms with van der Waals surface area (Å²) in [5, 5.41) is 20.3. The van der Waals surface area contributed by atoms with E-state index < -0.39 is 15.1 Å². The Hall–Kier alpha value is -15.7. The summed E-state index contributed by atoms with van der Waals surface area (Å²) >= 11 is 0. The fourth-order valence-electron chi connectivity index (χ4n) is 14.5. The summed E-state index contributed by atoms with van der Waals surface area (Å²) in [7, 11) is -3.22. The maximum atomic E-state index is 13.8. The van der Waals surface area contributed by atoms with Crippen LogP contribution >= 0.6 is 15.1 Å². The predicted octanol–water partition coefficient (Wildman–Crippen LogP) is 24.4. The molecular weight excluding hydrogens is 1550 g/mol. The molecule has 0 saturated carbocycles. The van der Waals surface area contributed by atoms with Gasteiger partial charge in [0.15, 0.2) is 7.14 Å². The van der Waals surface area contributed by atoms with Crippen molar-refractivity contribution >= 4 is 161 Å². The third-order valence-electron chi connectivity index (χ3n) is 20.1. The number of aliphatic imine (C=N–C) groups is 6. The SMILES string of the molecule is C1=Cc2cccc3cccc(c23)C1.C1=NC2=NC=NC3=NC=NC(=N1)N23.O=P(c1ccccc1)(c1ccccc1)c1ccccc1.c1ccc(N(c2ccccc2)c2ccccc2)cc1.c1ccc(P(c2ccccc2)c2ccccc2)cc1.c1ccc2c(c1)c1ccccc1c1ccccc21.c1ccc2ccccc2c1.c1ccccc1.c1ncncn1. The summed E-state index contributed by atoms with van der Waals surface area (Å²) in [6, 6.07) is 160. The third-order valence-corrected chi connectivity index (χ3v) is 25.6. The average molecular weight is 1640 g/mol. The highest BCUT2D eigenvalue weighted by molar-refractivity contribution is 7.85. The van der Waals surface area contributed by atoms with Crippen molar-refractivity contribution in [2.45, 2.75) is 6.42 Å². The van der Waals surface area contributed by atoms with Gasteiger partial charge < -0.3 is 9.46 Å². The van der Waals surface area contributed by atoms with Gasteiger partial charge in [-0.05, 0) is 132 Å². The lowest BCUT2D eigenvalue weighted by Crippen LogP contribution is -2.44. The average Bonchev–Trinajstić information content (AvgIpc) is 0.734. The summed E-state index contributed by atoms with van der Waals surface area (Å²) in [4.78, 5) is 38.2. The van der Waals surface area contributed by atoms with Gasteiger partial charge in [0.1, 0.15) is 38.0 Å². The number of aromatic nitrogens is 3. The van der Waals surface area contributed by atoms with Crippen LogP contribution in [0.2, 0.25) is 0 Å². The molecule has 0 fully saturated rings. The number of fused-ring (bicyclic) bond motifs is 7. The number of anilines is 3. The van der Waals surface area contributed by atoms with E-state index in [9.17, 15) is 4.57 Å². The van der Waals surface area contributed by atoms with Crippen LogP contribution < -0.4 is 36.7 Å². The van der Waals surface area contributed by atoms with Crippen LogP contribution in [0.1, 0.15) is 11.1 Å². The monoisotopic (exact) mass is 1640 g/mol. The molecule has 1 aromatic heterocycles. The highest BCUT2D eigenvalue weighted by Crippen LogP contribution is 2.43. The molecule has 1 aliphatic carbocycles. The highest BCUT2D eigenvalue weighted by atomic mass is 31.2. The summed E-state index contributed by atoms with van der Waals surface area (Å²) in [5.41, 5.74) is 6.31. The lowest BCUT2D eigenvalue weighted by Gasteiger charge is -2.25. The molecular formula is C110H87N11OP2. The van der Waals surface area contributed by atoms with Crippen LogP contribution in [0.5, 0.6) is 0 Å². The van der Waals surface area contributed by atoms with Gasteiger partial charge in [-0.2, -0.15) is 0 Å². The van der Waals surface area contributed by atoms with E-state index in [-0.39, 0.29) is 0 Å². The molecule has 0 amide bonds. The molecule has 23 rings (SSSR count). The number of para-hydroxylation sites is 3. The van der Waals surface area contributed by atoms with Gasteiger partial charge in [0.2, 0.25) is 17.9 Å². The molecule has 4 aliphatic rings. The third kappa shape index (κ3) is 21.7. The Labute approximate surface area is 725 Å². The Balaban J connectivity index is 0.000000110. The van der Waals surface area contributed by atoms with Crippen molar-refractivity contribution in [3.8, 4) is 0 Å². The maximum Gasteiger partial charge on any atom is 0.242 e. The first-order valence-electron chi connectivity index (χ1n) is 40.8. The molecule has 124 heavy (non-hydrogen) atoms. The molecule has 4 heterocycles. The van der Waals surface area contributed by atoms with Gasteiger partial charge in [-0.3, -0.25) is 0 Å².